The van der Waals surface area contributed by atoms with Gasteiger partial charge in [-0.15, -0.1) is 0 Å². The van der Waals surface area contributed by atoms with Crippen LogP contribution < -0.4 is 9.47 Å². The van der Waals surface area contributed by atoms with E-state index in [-0.39, 0.29) is 46.3 Å². The summed E-state index contributed by atoms with van der Waals surface area (Å²) in [6.45, 7) is -0.441. The topological polar surface area (TPSA) is 185 Å². The van der Waals surface area contributed by atoms with E-state index >= 15 is 0 Å². The second-order valence-electron chi connectivity index (χ2n) is 8.96. The number of carbonyl (C=O) groups is 1. The van der Waals surface area contributed by atoms with Crippen molar-refractivity contribution in [3.63, 3.8) is 0 Å². The Morgan fingerprint density at radius 2 is 1.73 bits per heavy atom. The first-order valence-electron chi connectivity index (χ1n) is 11.5. The second-order valence-corrected chi connectivity index (χ2v) is 8.96. The van der Waals surface area contributed by atoms with Crippen LogP contribution >= 0.6 is 0 Å². The first kappa shape index (κ1) is 26.6. The highest BCUT2D eigenvalue weighted by molar-refractivity contribution is 6.23. The van der Waals surface area contributed by atoms with Crippen molar-refractivity contribution in [2.45, 2.75) is 36.9 Å². The summed E-state index contributed by atoms with van der Waals surface area (Å²) in [6.07, 6.45) is -3.85. The quantitative estimate of drug-likeness (QED) is 0.285. The van der Waals surface area contributed by atoms with Gasteiger partial charge in [0, 0.05) is 18.6 Å². The minimum atomic E-state index is -1.56. The van der Waals surface area contributed by atoms with E-state index in [2.05, 4.69) is 0 Å². The molecule has 0 radical (unpaired) electrons. The number of ketones is 1. The first-order chi connectivity index (χ1) is 17.7. The number of methoxy groups -OCH3 is 3. The number of ether oxygens (including phenoxy) is 5. The molecule has 37 heavy (non-hydrogen) atoms. The smallest absolute Gasteiger partial charge is 0.203 e. The molecule has 0 aromatic heterocycles. The predicted octanol–water partition coefficient (Wildman–Crippen LogP) is 0.128. The van der Waals surface area contributed by atoms with Crippen molar-refractivity contribution in [3.8, 4) is 17.2 Å². The van der Waals surface area contributed by atoms with Gasteiger partial charge in [0.25, 0.3) is 0 Å². The Bertz CT molecular complexity index is 1140. The molecule has 12 heteroatoms. The molecule has 0 bridgehead atoms. The van der Waals surface area contributed by atoms with Crippen LogP contribution in [-0.4, -0.2) is 94.9 Å². The number of aliphatic hydroxyl groups excluding tert-OH is 5. The third-order valence-corrected chi connectivity index (χ3v) is 6.87. The van der Waals surface area contributed by atoms with Gasteiger partial charge in [0.05, 0.1) is 39.3 Å². The molecule has 1 fully saturated rings. The summed E-state index contributed by atoms with van der Waals surface area (Å²) in [4.78, 5) is 13.5. The van der Waals surface area contributed by atoms with Crippen LogP contribution in [0.2, 0.25) is 0 Å². The van der Waals surface area contributed by atoms with Crippen molar-refractivity contribution >= 4 is 11.4 Å². The molecule has 1 aromatic rings. The lowest BCUT2D eigenvalue weighted by Gasteiger charge is -2.41. The number of allylic oxidation sites excluding steroid dienone is 1. The Labute approximate surface area is 212 Å². The molecule has 6 N–H and O–H groups in total. The number of aromatic hydroxyl groups is 1. The van der Waals surface area contributed by atoms with Crippen LogP contribution in [0.25, 0.3) is 5.57 Å². The normalized spacial score (nSPS) is 31.5. The number of fused-ring (bicyclic) bond motifs is 1. The maximum absolute atomic E-state index is 13.5. The van der Waals surface area contributed by atoms with Gasteiger partial charge in [-0.1, -0.05) is 0 Å². The fourth-order valence-corrected chi connectivity index (χ4v) is 4.86. The SMILES string of the molecule is COC1=C(O)[C@H]2C(=O)C(c3cc(O)c(OC)c(OC)c3)=CO[C@@H]2C=C1O[C@H]1C[C@H](CO)[C@@H](O)[C@H](O)[C@H]1O. The number of benzene rings is 1. The van der Waals surface area contributed by atoms with Crippen LogP contribution in [0.5, 0.6) is 17.2 Å². The van der Waals surface area contributed by atoms with Crippen LogP contribution in [0.15, 0.2) is 41.7 Å². The van der Waals surface area contributed by atoms with Crippen molar-refractivity contribution in [2.75, 3.05) is 27.9 Å². The highest BCUT2D eigenvalue weighted by Gasteiger charge is 2.47. The largest absolute Gasteiger partial charge is 0.507 e. The van der Waals surface area contributed by atoms with Gasteiger partial charge in [-0.25, -0.2) is 0 Å². The number of phenols is 1. The number of carbonyl (C=O) groups excluding carboxylic acids is 1. The lowest BCUT2D eigenvalue weighted by molar-refractivity contribution is -0.169. The van der Waals surface area contributed by atoms with E-state index in [1.54, 1.807) is 0 Å². The molecule has 0 amide bonds. The van der Waals surface area contributed by atoms with Gasteiger partial charge < -0.3 is 54.3 Å². The summed E-state index contributed by atoms with van der Waals surface area (Å²) in [6, 6.07) is 2.79. The van der Waals surface area contributed by atoms with Crippen molar-refractivity contribution in [1.29, 1.82) is 0 Å². The van der Waals surface area contributed by atoms with Crippen molar-refractivity contribution in [1.82, 2.24) is 0 Å². The molecular formula is C25H30O12. The zero-order chi connectivity index (χ0) is 27.0. The Morgan fingerprint density at radius 1 is 1.00 bits per heavy atom. The standard InChI is InChI=1S/C25H30O12/c1-33-16-5-10(4-13(27)24(16)34-2)12-9-36-14-7-17(25(35-3)22(31)18(14)20(12)29)37-15-6-11(8-26)19(28)23(32)21(15)30/h4-5,7,9,11,14-15,18-19,21,23,26-28,30-32H,6,8H2,1-3H3/t11-,14-,15+,18-,19-,21+,23+/m1/s1. The summed E-state index contributed by atoms with van der Waals surface area (Å²) < 4.78 is 27.2. The molecule has 0 unspecified atom stereocenters. The average molecular weight is 523 g/mol. The minimum absolute atomic E-state index is 0.00567. The van der Waals surface area contributed by atoms with E-state index in [1.165, 1.54) is 45.8 Å². The Hall–Kier alpha value is -3.45. The van der Waals surface area contributed by atoms with Crippen LogP contribution in [0.1, 0.15) is 12.0 Å². The maximum atomic E-state index is 13.5. The Kier molecular flexibility index (Phi) is 7.55. The lowest BCUT2D eigenvalue weighted by atomic mass is 9.80. The molecule has 1 aliphatic heterocycles. The third kappa shape index (κ3) is 4.57. The van der Waals surface area contributed by atoms with E-state index in [9.17, 15) is 35.4 Å². The fourth-order valence-electron chi connectivity index (χ4n) is 4.86. The predicted molar refractivity (Wildman–Crippen MR) is 125 cm³/mol. The number of hydrogen-bond donors (Lipinski definition) is 6. The molecular weight excluding hydrogens is 492 g/mol. The molecule has 3 aliphatic rings. The number of aliphatic hydroxyl groups is 5. The molecule has 1 saturated carbocycles. The molecule has 12 nitrogen and oxygen atoms in total. The third-order valence-electron chi connectivity index (χ3n) is 6.87. The van der Waals surface area contributed by atoms with E-state index < -0.39 is 60.5 Å². The highest BCUT2D eigenvalue weighted by Crippen LogP contribution is 2.43. The lowest BCUT2D eigenvalue weighted by Crippen LogP contribution is -2.55. The molecule has 2 aliphatic carbocycles. The van der Waals surface area contributed by atoms with Crippen molar-refractivity contribution in [3.05, 3.63) is 47.3 Å². The van der Waals surface area contributed by atoms with Gasteiger partial charge in [0.15, 0.2) is 34.6 Å². The van der Waals surface area contributed by atoms with Gasteiger partial charge in [-0.3, -0.25) is 4.79 Å². The van der Waals surface area contributed by atoms with E-state index in [0.29, 0.717) is 0 Å². The number of phenolic OH excluding ortho intramolecular Hbond substituents is 1. The summed E-state index contributed by atoms with van der Waals surface area (Å²) in [7, 11) is 3.99. The van der Waals surface area contributed by atoms with Gasteiger partial charge >= 0.3 is 0 Å². The first-order valence-corrected chi connectivity index (χ1v) is 11.5. The van der Waals surface area contributed by atoms with Gasteiger partial charge in [-0.05, 0) is 24.1 Å². The molecule has 0 spiro atoms. The van der Waals surface area contributed by atoms with E-state index in [1.807, 2.05) is 0 Å². The molecule has 202 valence electrons. The van der Waals surface area contributed by atoms with Gasteiger partial charge in [0.1, 0.15) is 30.3 Å². The molecule has 7 atom stereocenters. The zero-order valence-electron chi connectivity index (χ0n) is 20.4. The van der Waals surface area contributed by atoms with Crippen LogP contribution in [0, 0.1) is 11.8 Å². The summed E-state index contributed by atoms with van der Waals surface area (Å²) >= 11 is 0. The van der Waals surface area contributed by atoms with Crippen LogP contribution in [-0.2, 0) is 19.0 Å². The van der Waals surface area contributed by atoms with Gasteiger partial charge in [-0.2, -0.15) is 0 Å². The van der Waals surface area contributed by atoms with E-state index in [4.69, 9.17) is 23.7 Å². The number of hydrogen-bond acceptors (Lipinski definition) is 12. The molecule has 4 rings (SSSR count). The van der Waals surface area contributed by atoms with E-state index in [0.717, 1.165) is 0 Å². The summed E-state index contributed by atoms with van der Waals surface area (Å²) in [5.74, 6) is -3.16. The van der Waals surface area contributed by atoms with Crippen LogP contribution in [0.4, 0.5) is 0 Å². The summed E-state index contributed by atoms with van der Waals surface area (Å²) in [5, 5.41) is 61.5. The van der Waals surface area contributed by atoms with Crippen LogP contribution in [0.3, 0.4) is 0 Å². The zero-order valence-corrected chi connectivity index (χ0v) is 20.4. The monoisotopic (exact) mass is 522 g/mol. The van der Waals surface area contributed by atoms with Gasteiger partial charge in [0.2, 0.25) is 5.75 Å². The molecule has 1 aromatic carbocycles. The Morgan fingerprint density at radius 3 is 2.35 bits per heavy atom. The van der Waals surface area contributed by atoms with Crippen molar-refractivity contribution < 1.29 is 59.1 Å². The highest BCUT2D eigenvalue weighted by atomic mass is 16.5. The second kappa shape index (κ2) is 10.5. The van der Waals surface area contributed by atoms with Crippen molar-refractivity contribution in [2.24, 2.45) is 11.8 Å². The molecule has 0 saturated heterocycles. The minimum Gasteiger partial charge on any atom is -0.507 e. The maximum Gasteiger partial charge on any atom is 0.203 e. The Balaban J connectivity index is 1.65. The number of rotatable bonds is 7. The average Bonchev–Trinajstić information content (AvgIpc) is 2.88. The number of Topliss-reactive ketones (excluding diaryl/α,β-unsaturated/α-hetero) is 1. The fraction of sp³-hybridized carbons (Fsp3) is 0.480. The summed E-state index contributed by atoms with van der Waals surface area (Å²) in [5.41, 5.74) is 0.326. The molecule has 1 heterocycles.